The van der Waals surface area contributed by atoms with Crippen LogP contribution in [-0.2, 0) is 11.2 Å². The number of hydrogen-bond acceptors (Lipinski definition) is 6. The van der Waals surface area contributed by atoms with E-state index in [1.54, 1.807) is 0 Å². The number of hydrogen-bond donors (Lipinski definition) is 2. The Bertz CT molecular complexity index is 830. The van der Waals surface area contributed by atoms with Crippen molar-refractivity contribution in [1.29, 1.82) is 0 Å². The number of carbonyl (C=O) groups is 1. The zero-order chi connectivity index (χ0) is 17.1. The highest BCUT2D eigenvalue weighted by Crippen LogP contribution is 2.46. The fraction of sp³-hybridized carbons (Fsp3) is 0.353. The van der Waals surface area contributed by atoms with Gasteiger partial charge in [0, 0.05) is 19.4 Å². The molecule has 4 rings (SSSR count). The van der Waals surface area contributed by atoms with E-state index in [-0.39, 0.29) is 5.91 Å². The summed E-state index contributed by atoms with van der Waals surface area (Å²) in [5.74, 6) is 2.31. The quantitative estimate of drug-likeness (QED) is 0.678. The predicted molar refractivity (Wildman–Crippen MR) is 88.3 cm³/mol. The zero-order valence-electron chi connectivity index (χ0n) is 13.6. The average Bonchev–Trinajstić information content (AvgIpc) is 3.02. The van der Waals surface area contributed by atoms with Gasteiger partial charge in [0.25, 0.3) is 0 Å². The molecule has 0 unspecified atom stereocenters. The van der Waals surface area contributed by atoms with Gasteiger partial charge in [0.15, 0.2) is 5.82 Å². The Balaban J connectivity index is 1.20. The maximum Gasteiger partial charge on any atom is 0.239 e. The molecule has 128 valence electrons. The summed E-state index contributed by atoms with van der Waals surface area (Å²) in [6, 6.07) is 10.4. The van der Waals surface area contributed by atoms with Crippen LogP contribution in [0.15, 0.2) is 41.2 Å². The first-order valence-corrected chi connectivity index (χ1v) is 8.29. The summed E-state index contributed by atoms with van der Waals surface area (Å²) in [4.78, 5) is 20.1. The summed E-state index contributed by atoms with van der Waals surface area (Å²) in [6.07, 6.45) is 3.23. The largest absolute Gasteiger partial charge is 0.356 e. The van der Waals surface area contributed by atoms with Gasteiger partial charge in [0.2, 0.25) is 17.6 Å². The molecule has 8 nitrogen and oxygen atoms in total. The average molecular weight is 338 g/mol. The normalized spacial score (nSPS) is 18.9. The van der Waals surface area contributed by atoms with E-state index in [1.807, 2.05) is 6.07 Å². The van der Waals surface area contributed by atoms with Gasteiger partial charge in [-0.3, -0.25) is 9.89 Å². The Kier molecular flexibility index (Phi) is 4.24. The number of aromatic nitrogens is 5. The number of H-pyrrole nitrogens is 1. The minimum absolute atomic E-state index is 0.00173. The van der Waals surface area contributed by atoms with Crippen molar-refractivity contribution in [3.8, 4) is 11.6 Å². The summed E-state index contributed by atoms with van der Waals surface area (Å²) in [5.41, 5.74) is 1.35. The van der Waals surface area contributed by atoms with E-state index < -0.39 is 0 Å². The fourth-order valence-electron chi connectivity index (χ4n) is 2.90. The minimum Gasteiger partial charge on any atom is -0.356 e. The van der Waals surface area contributed by atoms with E-state index in [4.69, 9.17) is 4.52 Å². The third kappa shape index (κ3) is 3.73. The Morgan fingerprint density at radius 1 is 1.32 bits per heavy atom. The molecule has 1 aromatic carbocycles. The van der Waals surface area contributed by atoms with Crippen LogP contribution in [0.5, 0.6) is 0 Å². The van der Waals surface area contributed by atoms with E-state index in [0.717, 1.165) is 6.42 Å². The first kappa shape index (κ1) is 15.5. The van der Waals surface area contributed by atoms with Crippen molar-refractivity contribution in [2.24, 2.45) is 5.92 Å². The van der Waals surface area contributed by atoms with E-state index in [1.165, 1.54) is 11.9 Å². The van der Waals surface area contributed by atoms with Crippen LogP contribution >= 0.6 is 0 Å². The highest BCUT2D eigenvalue weighted by atomic mass is 16.5. The molecule has 2 aromatic heterocycles. The third-order valence-electron chi connectivity index (χ3n) is 4.37. The van der Waals surface area contributed by atoms with Gasteiger partial charge in [-0.25, -0.2) is 4.98 Å². The summed E-state index contributed by atoms with van der Waals surface area (Å²) in [5, 5.41) is 13.2. The van der Waals surface area contributed by atoms with E-state index in [9.17, 15) is 4.79 Å². The predicted octanol–water partition coefficient (Wildman–Crippen LogP) is 1.71. The summed E-state index contributed by atoms with van der Waals surface area (Å²) in [6.45, 7) is 0.714. The first-order valence-electron chi connectivity index (χ1n) is 8.29. The van der Waals surface area contributed by atoms with Crippen molar-refractivity contribution in [3.63, 3.8) is 0 Å². The lowest BCUT2D eigenvalue weighted by molar-refractivity contribution is -0.121. The molecule has 1 amide bonds. The topological polar surface area (TPSA) is 110 Å². The highest BCUT2D eigenvalue weighted by Gasteiger charge is 2.37. The van der Waals surface area contributed by atoms with Crippen molar-refractivity contribution in [2.45, 2.75) is 25.2 Å². The minimum atomic E-state index is -0.00173. The molecule has 2 atom stereocenters. The molecule has 0 bridgehead atoms. The second-order valence-electron chi connectivity index (χ2n) is 6.16. The molecule has 1 aliphatic rings. The number of rotatable bonds is 7. The molecular weight excluding hydrogens is 320 g/mol. The number of benzene rings is 1. The monoisotopic (exact) mass is 338 g/mol. The van der Waals surface area contributed by atoms with Crippen molar-refractivity contribution in [1.82, 2.24) is 30.6 Å². The van der Waals surface area contributed by atoms with Crippen LogP contribution in [0.3, 0.4) is 0 Å². The molecule has 1 saturated carbocycles. The second-order valence-corrected chi connectivity index (χ2v) is 6.16. The van der Waals surface area contributed by atoms with Gasteiger partial charge in [-0.2, -0.15) is 10.1 Å². The number of nitrogens with zero attached hydrogens (tertiary/aromatic N) is 4. The molecule has 2 N–H and O–H groups in total. The smallest absolute Gasteiger partial charge is 0.239 e. The highest BCUT2D eigenvalue weighted by molar-refractivity contribution is 5.76. The Labute approximate surface area is 144 Å². The SMILES string of the molecule is O=C(CCc1nc(-c2ncn[nH]2)no1)NC[C@H]1C[C@@H]1c1ccccc1. The number of aryl methyl sites for hydroxylation is 1. The van der Waals surface area contributed by atoms with Crippen molar-refractivity contribution in [2.75, 3.05) is 6.54 Å². The standard InChI is InChI=1S/C17H18N6O2/c24-14(18-9-12-8-13(12)11-4-2-1-3-5-11)6-7-15-21-17(23-25-15)16-19-10-20-22-16/h1-5,10,12-13H,6-9H2,(H,18,24)(H,19,20,22)/t12-,13-/m1/s1. The summed E-state index contributed by atoms with van der Waals surface area (Å²) < 4.78 is 5.12. The molecule has 0 saturated heterocycles. The lowest BCUT2D eigenvalue weighted by Crippen LogP contribution is -2.26. The molecule has 0 radical (unpaired) electrons. The Morgan fingerprint density at radius 2 is 2.20 bits per heavy atom. The van der Waals surface area contributed by atoms with Gasteiger partial charge in [0.05, 0.1) is 0 Å². The van der Waals surface area contributed by atoms with E-state index >= 15 is 0 Å². The van der Waals surface area contributed by atoms with Gasteiger partial charge in [-0.15, -0.1) is 0 Å². The molecule has 1 fully saturated rings. The number of aromatic amines is 1. The molecule has 8 heteroatoms. The molecule has 1 aliphatic carbocycles. The lowest BCUT2D eigenvalue weighted by Gasteiger charge is -2.04. The van der Waals surface area contributed by atoms with Crippen LogP contribution in [0.2, 0.25) is 0 Å². The first-order chi connectivity index (χ1) is 12.3. The number of carbonyl (C=O) groups excluding carboxylic acids is 1. The third-order valence-corrected chi connectivity index (χ3v) is 4.37. The van der Waals surface area contributed by atoms with Crippen LogP contribution in [0.25, 0.3) is 11.6 Å². The molecule has 2 heterocycles. The van der Waals surface area contributed by atoms with Crippen molar-refractivity contribution in [3.05, 3.63) is 48.1 Å². The summed E-state index contributed by atoms with van der Waals surface area (Å²) >= 11 is 0. The Hall–Kier alpha value is -3.03. The zero-order valence-corrected chi connectivity index (χ0v) is 13.6. The van der Waals surface area contributed by atoms with Gasteiger partial charge < -0.3 is 9.84 Å². The van der Waals surface area contributed by atoms with Crippen LogP contribution in [-0.4, -0.2) is 37.8 Å². The Morgan fingerprint density at radius 3 is 3.00 bits per heavy atom. The second kappa shape index (κ2) is 6.84. The van der Waals surface area contributed by atoms with Crippen LogP contribution < -0.4 is 5.32 Å². The molecule has 0 aliphatic heterocycles. The van der Waals surface area contributed by atoms with Crippen molar-refractivity contribution >= 4 is 5.91 Å². The van der Waals surface area contributed by atoms with Crippen LogP contribution in [0.4, 0.5) is 0 Å². The molecule has 0 spiro atoms. The van der Waals surface area contributed by atoms with Gasteiger partial charge in [-0.1, -0.05) is 35.5 Å². The van der Waals surface area contributed by atoms with Gasteiger partial charge in [0.1, 0.15) is 6.33 Å². The summed E-state index contributed by atoms with van der Waals surface area (Å²) in [7, 11) is 0. The maximum absolute atomic E-state index is 12.0. The van der Waals surface area contributed by atoms with E-state index in [0.29, 0.717) is 48.8 Å². The fourth-order valence-corrected chi connectivity index (χ4v) is 2.90. The van der Waals surface area contributed by atoms with Crippen molar-refractivity contribution < 1.29 is 9.32 Å². The van der Waals surface area contributed by atoms with Gasteiger partial charge >= 0.3 is 0 Å². The number of amides is 1. The van der Waals surface area contributed by atoms with Crippen LogP contribution in [0, 0.1) is 5.92 Å². The molecular formula is C17H18N6O2. The number of nitrogens with one attached hydrogen (secondary N) is 2. The molecule has 25 heavy (non-hydrogen) atoms. The van der Waals surface area contributed by atoms with Gasteiger partial charge in [-0.05, 0) is 23.8 Å². The maximum atomic E-state index is 12.0. The molecule has 3 aromatic rings. The van der Waals surface area contributed by atoms with Crippen LogP contribution in [0.1, 0.15) is 30.2 Å². The lowest BCUT2D eigenvalue weighted by atomic mass is 10.1. The van der Waals surface area contributed by atoms with E-state index in [2.05, 4.69) is 54.9 Å².